The largest absolute Gasteiger partial charge is 0.396 e. The molecule has 0 aliphatic heterocycles. The van der Waals surface area contributed by atoms with Gasteiger partial charge in [-0.1, -0.05) is 6.07 Å². The number of halogens is 2. The van der Waals surface area contributed by atoms with Gasteiger partial charge in [-0.25, -0.2) is 8.78 Å². The van der Waals surface area contributed by atoms with Crippen molar-refractivity contribution in [2.75, 3.05) is 13.2 Å². The van der Waals surface area contributed by atoms with Crippen molar-refractivity contribution >= 4 is 0 Å². The Morgan fingerprint density at radius 2 is 2.13 bits per heavy atom. The summed E-state index contributed by atoms with van der Waals surface area (Å²) >= 11 is 0. The Hall–Kier alpha value is -1.00. The second-order valence-corrected chi connectivity index (χ2v) is 4.15. The third-order valence-corrected chi connectivity index (χ3v) is 3.26. The van der Waals surface area contributed by atoms with Gasteiger partial charge in [-0.3, -0.25) is 0 Å². The predicted octanol–water partition coefficient (Wildman–Crippen LogP) is 1.39. The summed E-state index contributed by atoms with van der Waals surface area (Å²) in [6, 6.07) is 3.85. The molecule has 0 heterocycles. The van der Waals surface area contributed by atoms with Gasteiger partial charge in [0.05, 0.1) is 6.61 Å². The van der Waals surface area contributed by atoms with Crippen LogP contribution in [0.4, 0.5) is 8.78 Å². The zero-order chi connectivity index (χ0) is 11.1. The molecule has 15 heavy (non-hydrogen) atoms. The molecule has 2 nitrogen and oxygen atoms in total. The molecule has 0 amide bonds. The van der Waals surface area contributed by atoms with Crippen LogP contribution in [-0.2, 0) is 0 Å². The number of nitrogens with two attached hydrogens (primary N) is 1. The third kappa shape index (κ3) is 1.64. The monoisotopic (exact) mass is 213 g/mol. The highest BCUT2D eigenvalue weighted by molar-refractivity contribution is 5.31. The number of aliphatic hydroxyl groups is 1. The molecule has 2 atom stereocenters. The second kappa shape index (κ2) is 3.54. The summed E-state index contributed by atoms with van der Waals surface area (Å²) in [5, 5.41) is 9.16. The fourth-order valence-electron chi connectivity index (χ4n) is 2.01. The molecule has 1 aromatic carbocycles. The maximum Gasteiger partial charge on any atom is 0.159 e. The number of hydrogen-bond donors (Lipinski definition) is 2. The second-order valence-electron chi connectivity index (χ2n) is 4.15. The Bertz CT molecular complexity index is 377. The molecule has 1 saturated carbocycles. The molecule has 0 spiro atoms. The maximum absolute atomic E-state index is 13.0. The molecule has 2 rings (SSSR count). The van der Waals surface area contributed by atoms with Gasteiger partial charge in [0, 0.05) is 12.0 Å². The average molecular weight is 213 g/mol. The Labute approximate surface area is 86.7 Å². The molecule has 4 heteroatoms. The van der Waals surface area contributed by atoms with Crippen LogP contribution in [0.15, 0.2) is 18.2 Å². The summed E-state index contributed by atoms with van der Waals surface area (Å²) in [6.07, 6.45) is 0.741. The molecule has 0 bridgehead atoms. The minimum Gasteiger partial charge on any atom is -0.396 e. The fraction of sp³-hybridized carbons (Fsp3) is 0.455. The topological polar surface area (TPSA) is 46.2 Å². The van der Waals surface area contributed by atoms with Crippen molar-refractivity contribution in [3.05, 3.63) is 35.4 Å². The molecule has 0 radical (unpaired) electrons. The highest BCUT2D eigenvalue weighted by Gasteiger charge is 2.53. The van der Waals surface area contributed by atoms with E-state index in [-0.39, 0.29) is 17.9 Å². The number of rotatable bonds is 3. The van der Waals surface area contributed by atoms with E-state index in [2.05, 4.69) is 0 Å². The first-order valence-electron chi connectivity index (χ1n) is 4.89. The van der Waals surface area contributed by atoms with E-state index in [0.717, 1.165) is 12.5 Å². The van der Waals surface area contributed by atoms with Crippen LogP contribution in [0.3, 0.4) is 0 Å². The normalized spacial score (nSPS) is 29.2. The van der Waals surface area contributed by atoms with Crippen LogP contribution in [0.5, 0.6) is 0 Å². The van der Waals surface area contributed by atoms with Crippen molar-refractivity contribution in [2.45, 2.75) is 12.3 Å². The third-order valence-electron chi connectivity index (χ3n) is 3.26. The number of benzene rings is 1. The van der Waals surface area contributed by atoms with E-state index in [4.69, 9.17) is 10.8 Å². The van der Waals surface area contributed by atoms with Gasteiger partial charge in [0.2, 0.25) is 0 Å². The SMILES string of the molecule is NCC1(CO)CC1c1ccc(F)c(F)c1. The number of aliphatic hydroxyl groups excluding tert-OH is 1. The maximum atomic E-state index is 13.0. The first kappa shape index (κ1) is 10.5. The van der Waals surface area contributed by atoms with Gasteiger partial charge in [0.1, 0.15) is 0 Å². The Morgan fingerprint density at radius 3 is 2.60 bits per heavy atom. The lowest BCUT2D eigenvalue weighted by Gasteiger charge is -2.11. The van der Waals surface area contributed by atoms with Crippen molar-refractivity contribution in [3.8, 4) is 0 Å². The van der Waals surface area contributed by atoms with E-state index in [1.165, 1.54) is 6.07 Å². The zero-order valence-corrected chi connectivity index (χ0v) is 8.21. The lowest BCUT2D eigenvalue weighted by atomic mass is 10.00. The van der Waals surface area contributed by atoms with Gasteiger partial charge in [-0.2, -0.15) is 0 Å². The first-order valence-corrected chi connectivity index (χ1v) is 4.89. The van der Waals surface area contributed by atoms with Gasteiger partial charge >= 0.3 is 0 Å². The summed E-state index contributed by atoms with van der Waals surface area (Å²) in [4.78, 5) is 0. The molecular formula is C11H13F2NO. The average Bonchev–Trinajstić information content (AvgIpc) is 2.97. The molecule has 1 aromatic rings. The van der Waals surface area contributed by atoms with Crippen molar-refractivity contribution in [1.82, 2.24) is 0 Å². The molecule has 0 saturated heterocycles. The Kier molecular flexibility index (Phi) is 2.48. The van der Waals surface area contributed by atoms with Crippen LogP contribution in [0.25, 0.3) is 0 Å². The fourth-order valence-corrected chi connectivity index (χ4v) is 2.01. The quantitative estimate of drug-likeness (QED) is 0.797. The van der Waals surface area contributed by atoms with Gasteiger partial charge in [0.15, 0.2) is 11.6 Å². The summed E-state index contributed by atoms with van der Waals surface area (Å²) in [5.41, 5.74) is 5.95. The van der Waals surface area contributed by atoms with E-state index in [0.29, 0.717) is 12.1 Å². The van der Waals surface area contributed by atoms with Crippen molar-refractivity contribution in [2.24, 2.45) is 11.1 Å². The van der Waals surface area contributed by atoms with Gasteiger partial charge < -0.3 is 10.8 Å². The van der Waals surface area contributed by atoms with Crippen LogP contribution in [0.1, 0.15) is 17.9 Å². The van der Waals surface area contributed by atoms with Crippen LogP contribution in [-0.4, -0.2) is 18.3 Å². The van der Waals surface area contributed by atoms with Crippen LogP contribution >= 0.6 is 0 Å². The van der Waals surface area contributed by atoms with Gasteiger partial charge in [-0.05, 0) is 30.0 Å². The molecule has 3 N–H and O–H groups in total. The zero-order valence-electron chi connectivity index (χ0n) is 8.21. The van der Waals surface area contributed by atoms with E-state index >= 15 is 0 Å². The smallest absolute Gasteiger partial charge is 0.159 e. The van der Waals surface area contributed by atoms with Crippen LogP contribution in [0.2, 0.25) is 0 Å². The molecule has 1 aliphatic carbocycles. The molecule has 2 unspecified atom stereocenters. The van der Waals surface area contributed by atoms with Crippen molar-refractivity contribution in [1.29, 1.82) is 0 Å². The van der Waals surface area contributed by atoms with Gasteiger partial charge in [-0.15, -0.1) is 0 Å². The van der Waals surface area contributed by atoms with E-state index in [9.17, 15) is 8.78 Å². The predicted molar refractivity (Wildman–Crippen MR) is 52.3 cm³/mol. The molecule has 0 aromatic heterocycles. The molecule has 1 fully saturated rings. The number of hydrogen-bond acceptors (Lipinski definition) is 2. The first-order chi connectivity index (χ1) is 7.13. The highest BCUT2D eigenvalue weighted by atomic mass is 19.2. The minimum absolute atomic E-state index is 0.00678. The Morgan fingerprint density at radius 1 is 1.40 bits per heavy atom. The van der Waals surface area contributed by atoms with Crippen molar-refractivity contribution in [3.63, 3.8) is 0 Å². The molecule has 82 valence electrons. The minimum atomic E-state index is -0.846. The Balaban J connectivity index is 2.23. The summed E-state index contributed by atoms with van der Waals surface area (Å²) in [5.74, 6) is -1.63. The highest BCUT2D eigenvalue weighted by Crippen LogP contribution is 2.58. The van der Waals surface area contributed by atoms with E-state index in [1.807, 2.05) is 0 Å². The lowest BCUT2D eigenvalue weighted by molar-refractivity contribution is 0.211. The van der Waals surface area contributed by atoms with Crippen molar-refractivity contribution < 1.29 is 13.9 Å². The van der Waals surface area contributed by atoms with Crippen LogP contribution < -0.4 is 5.73 Å². The van der Waals surface area contributed by atoms with E-state index < -0.39 is 11.6 Å². The summed E-state index contributed by atoms with van der Waals surface area (Å²) in [7, 11) is 0. The molecular weight excluding hydrogens is 200 g/mol. The van der Waals surface area contributed by atoms with Gasteiger partial charge in [0.25, 0.3) is 0 Å². The molecule has 1 aliphatic rings. The standard InChI is InChI=1S/C11H13F2NO/c12-9-2-1-7(3-10(9)13)8-4-11(8,5-14)6-15/h1-3,8,15H,4-6,14H2. The van der Waals surface area contributed by atoms with E-state index in [1.54, 1.807) is 6.07 Å². The summed E-state index contributed by atoms with van der Waals surface area (Å²) in [6.45, 7) is 0.361. The van der Waals surface area contributed by atoms with Crippen LogP contribution in [0, 0.1) is 17.0 Å². The summed E-state index contributed by atoms with van der Waals surface area (Å²) < 4.78 is 25.6. The lowest BCUT2D eigenvalue weighted by Crippen LogP contribution is -2.21.